The predicted molar refractivity (Wildman–Crippen MR) is 103 cm³/mol. The molecule has 1 aliphatic carbocycles. The Morgan fingerprint density at radius 2 is 1.96 bits per heavy atom. The number of hydrogen-bond acceptors (Lipinski definition) is 3. The van der Waals surface area contributed by atoms with Crippen molar-refractivity contribution in [3.05, 3.63) is 59.3 Å². The normalized spacial score (nSPS) is 16.3. The van der Waals surface area contributed by atoms with E-state index in [2.05, 4.69) is 17.1 Å². The molecule has 1 aromatic heterocycles. The van der Waals surface area contributed by atoms with E-state index in [1.807, 2.05) is 18.2 Å². The number of aromatic amines is 1. The van der Waals surface area contributed by atoms with Gasteiger partial charge in [-0.3, -0.25) is 0 Å². The number of H-pyrrole nitrogens is 1. The molecule has 0 spiro atoms. The summed E-state index contributed by atoms with van der Waals surface area (Å²) in [6.45, 7) is 0.614. The molecular weight excluding hydrogens is 336 g/mol. The standard InChI is InChI=1S/C20H22N2O2.ClH/c21-14-3-7-19-17(11-14)18-12-16(6-8-20(18)22-19)24-10-9-13-1-4-15(23)5-2-13;/h1-2,4-6,8,12,14,22-23H,3,7,9-11,21H2;1H. The van der Waals surface area contributed by atoms with Crippen LogP contribution in [0.1, 0.15) is 23.2 Å². The minimum Gasteiger partial charge on any atom is -0.508 e. The number of aromatic nitrogens is 1. The van der Waals surface area contributed by atoms with Crippen LogP contribution in [0.5, 0.6) is 11.5 Å². The third-order valence-electron chi connectivity index (χ3n) is 4.79. The zero-order chi connectivity index (χ0) is 16.5. The first-order chi connectivity index (χ1) is 11.7. The summed E-state index contributed by atoms with van der Waals surface area (Å²) < 4.78 is 5.93. The Morgan fingerprint density at radius 1 is 1.16 bits per heavy atom. The van der Waals surface area contributed by atoms with Gasteiger partial charge in [0.1, 0.15) is 11.5 Å². The summed E-state index contributed by atoms with van der Waals surface area (Å²) in [6, 6.07) is 13.7. The molecule has 5 heteroatoms. The highest BCUT2D eigenvalue weighted by atomic mass is 35.5. The molecule has 0 amide bonds. The van der Waals surface area contributed by atoms with Gasteiger partial charge in [-0.2, -0.15) is 0 Å². The van der Waals surface area contributed by atoms with Crippen molar-refractivity contribution in [1.29, 1.82) is 0 Å². The maximum Gasteiger partial charge on any atom is 0.120 e. The van der Waals surface area contributed by atoms with Crippen LogP contribution in [0.3, 0.4) is 0 Å². The lowest BCUT2D eigenvalue weighted by molar-refractivity contribution is 0.322. The zero-order valence-electron chi connectivity index (χ0n) is 14.0. The first-order valence-electron chi connectivity index (χ1n) is 8.49. The van der Waals surface area contributed by atoms with Gasteiger partial charge in [0.25, 0.3) is 0 Å². The average molecular weight is 359 g/mol. The lowest BCUT2D eigenvalue weighted by Gasteiger charge is -2.18. The largest absolute Gasteiger partial charge is 0.508 e. The van der Waals surface area contributed by atoms with E-state index in [0.717, 1.165) is 37.0 Å². The van der Waals surface area contributed by atoms with Crippen molar-refractivity contribution in [2.75, 3.05) is 6.61 Å². The molecule has 1 heterocycles. The monoisotopic (exact) mass is 358 g/mol. The van der Waals surface area contributed by atoms with E-state index < -0.39 is 0 Å². The molecule has 25 heavy (non-hydrogen) atoms. The number of benzene rings is 2. The summed E-state index contributed by atoms with van der Waals surface area (Å²) in [4.78, 5) is 3.52. The van der Waals surface area contributed by atoms with Gasteiger partial charge in [-0.15, -0.1) is 12.4 Å². The van der Waals surface area contributed by atoms with E-state index in [1.54, 1.807) is 12.1 Å². The van der Waals surface area contributed by atoms with Gasteiger partial charge >= 0.3 is 0 Å². The van der Waals surface area contributed by atoms with Crippen LogP contribution < -0.4 is 10.5 Å². The number of nitrogens with two attached hydrogens (primary N) is 1. The average Bonchev–Trinajstić information content (AvgIpc) is 2.94. The fourth-order valence-electron chi connectivity index (χ4n) is 3.46. The SMILES string of the molecule is Cl.NC1CCc2[nH]c3ccc(OCCc4ccc(O)cc4)cc3c2C1. The van der Waals surface area contributed by atoms with Crippen molar-refractivity contribution >= 4 is 23.3 Å². The quantitative estimate of drug-likeness (QED) is 0.665. The van der Waals surface area contributed by atoms with Gasteiger partial charge in [-0.05, 0) is 60.7 Å². The first-order valence-corrected chi connectivity index (χ1v) is 8.49. The van der Waals surface area contributed by atoms with Crippen molar-refractivity contribution < 1.29 is 9.84 Å². The fourth-order valence-corrected chi connectivity index (χ4v) is 3.46. The van der Waals surface area contributed by atoms with Gasteiger partial charge in [0.2, 0.25) is 0 Å². The zero-order valence-corrected chi connectivity index (χ0v) is 14.8. The van der Waals surface area contributed by atoms with Gasteiger partial charge in [-0.1, -0.05) is 12.1 Å². The predicted octanol–water partition coefficient (Wildman–Crippen LogP) is 3.73. The molecule has 1 atom stereocenters. The molecule has 0 saturated heterocycles. The smallest absolute Gasteiger partial charge is 0.120 e. The van der Waals surface area contributed by atoms with E-state index in [4.69, 9.17) is 10.5 Å². The Kier molecular flexibility index (Phi) is 5.21. The summed E-state index contributed by atoms with van der Waals surface area (Å²) in [5, 5.41) is 10.6. The highest BCUT2D eigenvalue weighted by Crippen LogP contribution is 2.31. The topological polar surface area (TPSA) is 71.3 Å². The first kappa shape index (κ1) is 17.6. The van der Waals surface area contributed by atoms with Gasteiger partial charge in [-0.25, -0.2) is 0 Å². The van der Waals surface area contributed by atoms with Crippen LogP contribution in [0.15, 0.2) is 42.5 Å². The molecular formula is C20H23ClN2O2. The lowest BCUT2D eigenvalue weighted by Crippen LogP contribution is -2.27. The lowest BCUT2D eigenvalue weighted by atomic mass is 9.92. The fraction of sp³-hybridized carbons (Fsp3) is 0.300. The molecule has 1 unspecified atom stereocenters. The minimum atomic E-state index is 0. The van der Waals surface area contributed by atoms with Crippen molar-refractivity contribution in [2.24, 2.45) is 5.73 Å². The molecule has 0 aliphatic heterocycles. The van der Waals surface area contributed by atoms with Gasteiger partial charge in [0, 0.05) is 29.1 Å². The second-order valence-electron chi connectivity index (χ2n) is 6.56. The Labute approximate surface area is 153 Å². The second-order valence-corrected chi connectivity index (χ2v) is 6.56. The van der Waals surface area contributed by atoms with Crippen LogP contribution in [-0.2, 0) is 19.3 Å². The molecule has 132 valence electrons. The number of rotatable bonds is 4. The number of phenols is 1. The van der Waals surface area contributed by atoms with E-state index >= 15 is 0 Å². The molecule has 2 aromatic carbocycles. The third-order valence-corrected chi connectivity index (χ3v) is 4.79. The van der Waals surface area contributed by atoms with E-state index in [1.165, 1.54) is 22.2 Å². The molecule has 4 rings (SSSR count). The van der Waals surface area contributed by atoms with Crippen molar-refractivity contribution in [1.82, 2.24) is 4.98 Å². The minimum absolute atomic E-state index is 0. The van der Waals surface area contributed by atoms with Crippen molar-refractivity contribution in [3.8, 4) is 11.5 Å². The van der Waals surface area contributed by atoms with Crippen LogP contribution in [0.2, 0.25) is 0 Å². The van der Waals surface area contributed by atoms with Gasteiger partial charge in [0.05, 0.1) is 6.61 Å². The second kappa shape index (κ2) is 7.38. The summed E-state index contributed by atoms with van der Waals surface area (Å²) in [6.07, 6.45) is 3.83. The number of nitrogens with one attached hydrogen (secondary N) is 1. The maximum atomic E-state index is 9.31. The van der Waals surface area contributed by atoms with Gasteiger partial charge < -0.3 is 20.6 Å². The number of aromatic hydroxyl groups is 1. The number of fused-ring (bicyclic) bond motifs is 3. The van der Waals surface area contributed by atoms with Crippen LogP contribution in [0, 0.1) is 0 Å². The number of hydrogen-bond donors (Lipinski definition) is 3. The maximum absolute atomic E-state index is 9.31. The summed E-state index contributed by atoms with van der Waals surface area (Å²) in [7, 11) is 0. The van der Waals surface area contributed by atoms with Crippen molar-refractivity contribution in [2.45, 2.75) is 31.7 Å². The Morgan fingerprint density at radius 3 is 2.76 bits per heavy atom. The Bertz CT molecular complexity index is 858. The van der Waals surface area contributed by atoms with Crippen LogP contribution in [0.25, 0.3) is 10.9 Å². The number of phenolic OH excluding ortho intramolecular Hbond substituents is 1. The number of ether oxygens (including phenoxy) is 1. The van der Waals surface area contributed by atoms with E-state index in [9.17, 15) is 5.11 Å². The Hall–Kier alpha value is -2.17. The molecule has 0 bridgehead atoms. The summed E-state index contributed by atoms with van der Waals surface area (Å²) >= 11 is 0. The summed E-state index contributed by atoms with van der Waals surface area (Å²) in [5.41, 5.74) is 11.1. The molecule has 1 aliphatic rings. The Balaban J connectivity index is 0.00000182. The van der Waals surface area contributed by atoms with Crippen LogP contribution >= 0.6 is 12.4 Å². The van der Waals surface area contributed by atoms with Crippen LogP contribution in [-0.4, -0.2) is 22.7 Å². The van der Waals surface area contributed by atoms with E-state index in [0.29, 0.717) is 12.4 Å². The number of aryl methyl sites for hydroxylation is 1. The molecule has 3 aromatic rings. The third kappa shape index (κ3) is 3.75. The number of halogens is 1. The molecule has 0 saturated carbocycles. The van der Waals surface area contributed by atoms with Gasteiger partial charge in [0.15, 0.2) is 0 Å². The summed E-state index contributed by atoms with van der Waals surface area (Å²) in [5.74, 6) is 1.18. The molecule has 4 N–H and O–H groups in total. The highest BCUT2D eigenvalue weighted by molar-refractivity contribution is 5.86. The molecule has 0 fully saturated rings. The molecule has 4 nitrogen and oxygen atoms in total. The van der Waals surface area contributed by atoms with Crippen LogP contribution in [0.4, 0.5) is 0 Å². The van der Waals surface area contributed by atoms with Crippen molar-refractivity contribution in [3.63, 3.8) is 0 Å². The van der Waals surface area contributed by atoms with E-state index in [-0.39, 0.29) is 18.4 Å². The highest BCUT2D eigenvalue weighted by Gasteiger charge is 2.20. The molecule has 0 radical (unpaired) electrons.